The van der Waals surface area contributed by atoms with Crippen molar-refractivity contribution in [2.45, 2.75) is 12.8 Å². The molecule has 0 radical (unpaired) electrons. The molecule has 0 aromatic heterocycles. The van der Waals surface area contributed by atoms with Gasteiger partial charge in [0.2, 0.25) is 5.91 Å². The third kappa shape index (κ3) is 9.46. The van der Waals surface area contributed by atoms with Crippen LogP contribution >= 0.6 is 16.5 Å². The van der Waals surface area contributed by atoms with E-state index in [9.17, 15) is 13.9 Å². The Morgan fingerprint density at radius 3 is 1.92 bits per heavy atom. The summed E-state index contributed by atoms with van der Waals surface area (Å²) in [5.74, 6) is 0.204. The predicted molar refractivity (Wildman–Crippen MR) is 43.0 cm³/mol. The van der Waals surface area contributed by atoms with Crippen LogP contribution in [0, 0.1) is 0 Å². The summed E-state index contributed by atoms with van der Waals surface area (Å²) < 4.78 is 22.2. The fourth-order valence-corrected chi connectivity index (χ4v) is 1.10. The van der Waals surface area contributed by atoms with Crippen molar-refractivity contribution in [3.8, 4) is 0 Å². The van der Waals surface area contributed by atoms with Crippen molar-refractivity contribution in [1.82, 2.24) is 5.32 Å². The molecule has 1 amide bonds. The van der Waals surface area contributed by atoms with Gasteiger partial charge in [-0.05, 0) is 6.42 Å². The molecular weight excluding hydrogens is 220 g/mol. The lowest BCUT2D eigenvalue weighted by Crippen LogP contribution is -2.12. The normalized spacial score (nSPS) is 16.9. The van der Waals surface area contributed by atoms with E-state index in [2.05, 4.69) is 9.63 Å². The Hall–Kier alpha value is -0.450. The highest BCUT2D eigenvalue weighted by Crippen LogP contribution is 2.30. The van der Waals surface area contributed by atoms with Gasteiger partial charge in [0.05, 0.1) is 0 Å². The lowest BCUT2D eigenvalue weighted by atomic mass is 10.4. The molecule has 1 aliphatic heterocycles. The van der Waals surface area contributed by atoms with Gasteiger partial charge in [-0.3, -0.25) is 4.79 Å². The zero-order valence-electron chi connectivity index (χ0n) is 6.54. The van der Waals surface area contributed by atoms with Gasteiger partial charge < -0.3 is 5.32 Å². The molecule has 0 aromatic rings. The van der Waals surface area contributed by atoms with Gasteiger partial charge in [-0.2, -0.15) is 0 Å². The minimum atomic E-state index is -2.92. The average Bonchev–Trinajstić information content (AvgIpc) is 2.37. The fourth-order valence-electron chi connectivity index (χ4n) is 0.625. The molecule has 7 nitrogen and oxygen atoms in total. The number of carbonyl (C=O) groups is 1. The molecule has 3 N–H and O–H groups in total. The van der Waals surface area contributed by atoms with Gasteiger partial charge in [-0.25, -0.2) is 0 Å². The zero-order valence-corrected chi connectivity index (χ0v) is 8.33. The molecule has 0 aliphatic carbocycles. The third-order valence-electron chi connectivity index (χ3n) is 1.04. The van der Waals surface area contributed by atoms with E-state index in [1.165, 1.54) is 0 Å². The summed E-state index contributed by atoms with van der Waals surface area (Å²) in [6.45, 7) is 0.888. The first-order chi connectivity index (χ1) is 6.02. The van der Waals surface area contributed by atoms with Gasteiger partial charge >= 0.3 is 16.5 Å². The van der Waals surface area contributed by atoms with Crippen LogP contribution in [0.2, 0.25) is 0 Å². The molecule has 0 bridgehead atoms. The standard InChI is InChI=1S/C4H7NO.O5P2/c6-4-2-1-3-5-4;1-6(2)5-7(3)4/h1-3H2,(H,5,6);/p+2. The van der Waals surface area contributed by atoms with E-state index in [4.69, 9.17) is 9.79 Å². The maximum absolute atomic E-state index is 10.1. The predicted octanol–water partition coefficient (Wildman–Crippen LogP) is 0.199. The second-order valence-corrected chi connectivity index (χ2v) is 3.62. The first-order valence-electron chi connectivity index (χ1n) is 3.29. The highest BCUT2D eigenvalue weighted by atomic mass is 31.2. The van der Waals surface area contributed by atoms with Crippen LogP contribution in [-0.4, -0.2) is 22.2 Å². The Morgan fingerprint density at radius 1 is 1.31 bits per heavy atom. The molecule has 74 valence electrons. The molecule has 9 heteroatoms. The number of hydrogen-bond acceptors (Lipinski definition) is 4. The maximum atomic E-state index is 10.1. The van der Waals surface area contributed by atoms with Crippen LogP contribution in [0.4, 0.5) is 0 Å². The van der Waals surface area contributed by atoms with Crippen LogP contribution in [0.1, 0.15) is 12.8 Å². The third-order valence-corrected chi connectivity index (χ3v) is 2.16. The second-order valence-electron chi connectivity index (χ2n) is 2.01. The molecule has 2 unspecified atom stereocenters. The van der Waals surface area contributed by atoms with Crippen molar-refractivity contribution in [2.75, 3.05) is 6.54 Å². The monoisotopic (exact) mass is 229 g/mol. The molecular formula is C4H9NO6P2+2. The average molecular weight is 229 g/mol. The smallest absolute Gasteiger partial charge is 0.356 e. The summed E-state index contributed by atoms with van der Waals surface area (Å²) in [6, 6.07) is 0. The Kier molecular flexibility index (Phi) is 6.76. The highest BCUT2D eigenvalue weighted by Gasteiger charge is 2.31. The van der Waals surface area contributed by atoms with Gasteiger partial charge in [-0.1, -0.05) is 0 Å². The molecule has 1 fully saturated rings. The summed E-state index contributed by atoms with van der Waals surface area (Å²) in [4.78, 5) is 25.5. The lowest BCUT2D eigenvalue weighted by molar-refractivity contribution is -0.119. The molecule has 0 aromatic carbocycles. The van der Waals surface area contributed by atoms with Crippen molar-refractivity contribution >= 4 is 22.4 Å². The number of amides is 1. The zero-order chi connectivity index (χ0) is 10.3. The van der Waals surface area contributed by atoms with E-state index < -0.39 is 16.5 Å². The quantitative estimate of drug-likeness (QED) is 0.583. The molecule has 1 rings (SSSR count). The molecule has 2 atom stereocenters. The van der Waals surface area contributed by atoms with E-state index >= 15 is 0 Å². The molecule has 13 heavy (non-hydrogen) atoms. The van der Waals surface area contributed by atoms with E-state index in [-0.39, 0.29) is 5.91 Å². The van der Waals surface area contributed by atoms with Crippen LogP contribution in [0.5, 0.6) is 0 Å². The number of hydrogen-bond donors (Lipinski definition) is 3. The Bertz CT molecular complexity index is 199. The summed E-state index contributed by atoms with van der Waals surface area (Å²) >= 11 is 0. The van der Waals surface area contributed by atoms with Crippen LogP contribution in [-0.2, 0) is 18.2 Å². The number of rotatable bonds is 2. The molecule has 1 heterocycles. The topological polar surface area (TPSA) is 113 Å². The summed E-state index contributed by atoms with van der Waals surface area (Å²) in [5.41, 5.74) is 0. The van der Waals surface area contributed by atoms with E-state index in [1.807, 2.05) is 0 Å². The largest absolute Gasteiger partial charge is 0.745 e. The molecule has 0 spiro atoms. The van der Waals surface area contributed by atoms with Gasteiger partial charge in [0.15, 0.2) is 4.31 Å². The highest BCUT2D eigenvalue weighted by molar-refractivity contribution is 7.46. The van der Waals surface area contributed by atoms with Gasteiger partial charge in [0.1, 0.15) is 0 Å². The van der Waals surface area contributed by atoms with Crippen molar-refractivity contribution in [1.29, 1.82) is 0 Å². The van der Waals surface area contributed by atoms with Crippen LogP contribution in [0.25, 0.3) is 0 Å². The van der Waals surface area contributed by atoms with Crippen molar-refractivity contribution in [3.63, 3.8) is 0 Å². The first-order valence-corrected chi connectivity index (χ1v) is 5.55. The molecule has 0 saturated carbocycles. The van der Waals surface area contributed by atoms with Crippen molar-refractivity contribution < 1.29 is 28.0 Å². The number of nitrogens with one attached hydrogen (secondary N) is 1. The molecule has 1 aliphatic rings. The minimum Gasteiger partial charge on any atom is -0.356 e. The SMILES string of the molecule is O=C1CCCN1.O=[P+](O)O[P+](=O)O. The minimum absolute atomic E-state index is 0.204. The van der Waals surface area contributed by atoms with Gasteiger partial charge in [0.25, 0.3) is 0 Å². The van der Waals surface area contributed by atoms with Gasteiger partial charge in [0, 0.05) is 22.1 Å². The van der Waals surface area contributed by atoms with E-state index in [0.29, 0.717) is 0 Å². The summed E-state index contributed by atoms with van der Waals surface area (Å²) in [6.07, 6.45) is 1.76. The Labute approximate surface area is 76.0 Å². The van der Waals surface area contributed by atoms with E-state index in [0.717, 1.165) is 19.4 Å². The summed E-state index contributed by atoms with van der Waals surface area (Å²) in [5, 5.41) is 2.68. The van der Waals surface area contributed by atoms with E-state index in [1.54, 1.807) is 0 Å². The van der Waals surface area contributed by atoms with Gasteiger partial charge in [-0.15, -0.1) is 9.79 Å². The molecule has 1 saturated heterocycles. The van der Waals surface area contributed by atoms with Crippen molar-refractivity contribution in [3.05, 3.63) is 0 Å². The van der Waals surface area contributed by atoms with Crippen LogP contribution < -0.4 is 5.32 Å². The number of carbonyl (C=O) groups excluding carboxylic acids is 1. The Balaban J connectivity index is 0.000000223. The first kappa shape index (κ1) is 12.6. The van der Waals surface area contributed by atoms with Crippen LogP contribution in [0.15, 0.2) is 0 Å². The van der Waals surface area contributed by atoms with Crippen molar-refractivity contribution in [2.24, 2.45) is 0 Å². The second kappa shape index (κ2) is 7.00. The summed E-state index contributed by atoms with van der Waals surface area (Å²) in [7, 11) is -5.85. The Morgan fingerprint density at radius 2 is 1.85 bits per heavy atom. The van der Waals surface area contributed by atoms with Crippen LogP contribution in [0.3, 0.4) is 0 Å². The fraction of sp³-hybridized carbons (Fsp3) is 0.750. The maximum Gasteiger partial charge on any atom is 0.745 e. The lowest BCUT2D eigenvalue weighted by Gasteiger charge is -1.80.